The highest BCUT2D eigenvalue weighted by Gasteiger charge is 2.42. The molecule has 3 rings (SSSR count). The van der Waals surface area contributed by atoms with Crippen molar-refractivity contribution in [1.82, 2.24) is 14.9 Å². The van der Waals surface area contributed by atoms with E-state index in [2.05, 4.69) is 14.9 Å². The first-order chi connectivity index (χ1) is 11.1. The van der Waals surface area contributed by atoms with Gasteiger partial charge in [0.15, 0.2) is 0 Å². The van der Waals surface area contributed by atoms with Gasteiger partial charge in [0.25, 0.3) is 0 Å². The van der Waals surface area contributed by atoms with Crippen LogP contribution in [-0.2, 0) is 14.3 Å². The van der Waals surface area contributed by atoms with E-state index in [1.807, 2.05) is 18.7 Å². The largest absolute Gasteiger partial charge is 0.376 e. The third kappa shape index (κ3) is 3.61. The van der Waals surface area contributed by atoms with E-state index >= 15 is 0 Å². The molecule has 1 aromatic heterocycles. The summed E-state index contributed by atoms with van der Waals surface area (Å²) in [7, 11) is 0. The normalized spacial score (nSPS) is 25.7. The lowest BCUT2D eigenvalue weighted by atomic mass is 10.0. The molecule has 1 amide bonds. The summed E-state index contributed by atoms with van der Waals surface area (Å²) in [5.74, 6) is 0.832. The van der Waals surface area contributed by atoms with Crippen LogP contribution in [0.3, 0.4) is 0 Å². The van der Waals surface area contributed by atoms with Gasteiger partial charge in [-0.1, -0.05) is 13.8 Å². The molecule has 126 valence electrons. The second-order valence-electron chi connectivity index (χ2n) is 6.47. The van der Waals surface area contributed by atoms with Crippen LogP contribution >= 0.6 is 0 Å². The fourth-order valence-electron chi connectivity index (χ4n) is 3.11. The van der Waals surface area contributed by atoms with E-state index in [0.717, 1.165) is 0 Å². The van der Waals surface area contributed by atoms with Crippen molar-refractivity contribution < 1.29 is 14.3 Å². The number of nitrogens with zero attached hydrogens (tertiary/aromatic N) is 4. The van der Waals surface area contributed by atoms with Crippen molar-refractivity contribution in [3.8, 4) is 0 Å². The predicted molar refractivity (Wildman–Crippen MR) is 85.2 cm³/mol. The van der Waals surface area contributed by atoms with Gasteiger partial charge in [0.05, 0.1) is 32.9 Å². The van der Waals surface area contributed by atoms with Gasteiger partial charge in [-0.3, -0.25) is 4.79 Å². The smallest absolute Gasteiger partial charge is 0.225 e. The third-order valence-electron chi connectivity index (χ3n) is 4.24. The van der Waals surface area contributed by atoms with Crippen LogP contribution in [0, 0.1) is 5.92 Å². The van der Waals surface area contributed by atoms with Crippen LogP contribution in [0.5, 0.6) is 0 Å². The summed E-state index contributed by atoms with van der Waals surface area (Å²) in [5, 5.41) is 0. The van der Waals surface area contributed by atoms with E-state index in [1.54, 1.807) is 18.5 Å². The van der Waals surface area contributed by atoms with Crippen LogP contribution in [0.15, 0.2) is 18.5 Å². The number of hydrogen-bond donors (Lipinski definition) is 0. The number of amides is 1. The highest BCUT2D eigenvalue weighted by molar-refractivity contribution is 5.78. The van der Waals surface area contributed by atoms with Crippen LogP contribution in [0.25, 0.3) is 0 Å². The van der Waals surface area contributed by atoms with Crippen LogP contribution in [-0.4, -0.2) is 72.4 Å². The van der Waals surface area contributed by atoms with Crippen LogP contribution in [0.4, 0.5) is 5.95 Å². The average Bonchev–Trinajstić information content (AvgIpc) is 2.77. The van der Waals surface area contributed by atoms with E-state index in [1.165, 1.54) is 0 Å². The van der Waals surface area contributed by atoms with Crippen molar-refractivity contribution in [1.29, 1.82) is 0 Å². The lowest BCUT2D eigenvalue weighted by Crippen LogP contribution is -2.60. The summed E-state index contributed by atoms with van der Waals surface area (Å²) >= 11 is 0. The van der Waals surface area contributed by atoms with Crippen LogP contribution in [0.2, 0.25) is 0 Å². The SMILES string of the molecule is CC(C)C(=O)N1CCO[C@]2(COCCN(c3ncccn3)C2)C1. The Morgan fingerprint density at radius 1 is 1.22 bits per heavy atom. The number of aromatic nitrogens is 2. The third-order valence-corrected chi connectivity index (χ3v) is 4.24. The molecule has 2 aliphatic heterocycles. The van der Waals surface area contributed by atoms with Gasteiger partial charge in [-0.25, -0.2) is 9.97 Å². The minimum absolute atomic E-state index is 0.00888. The molecule has 1 aromatic rings. The van der Waals surface area contributed by atoms with E-state index in [4.69, 9.17) is 9.47 Å². The van der Waals surface area contributed by atoms with E-state index in [-0.39, 0.29) is 11.8 Å². The van der Waals surface area contributed by atoms with E-state index < -0.39 is 5.60 Å². The van der Waals surface area contributed by atoms with Gasteiger partial charge in [-0.05, 0) is 6.07 Å². The molecule has 2 saturated heterocycles. The van der Waals surface area contributed by atoms with E-state index in [0.29, 0.717) is 51.9 Å². The molecule has 0 saturated carbocycles. The van der Waals surface area contributed by atoms with Crippen molar-refractivity contribution in [2.75, 3.05) is 50.9 Å². The predicted octanol–water partition coefficient (Wildman–Crippen LogP) is 0.567. The molecule has 23 heavy (non-hydrogen) atoms. The maximum atomic E-state index is 12.4. The van der Waals surface area contributed by atoms with Gasteiger partial charge in [0.2, 0.25) is 11.9 Å². The average molecular weight is 320 g/mol. The topological polar surface area (TPSA) is 67.8 Å². The zero-order valence-electron chi connectivity index (χ0n) is 13.8. The van der Waals surface area contributed by atoms with Crippen molar-refractivity contribution in [2.24, 2.45) is 5.92 Å². The number of rotatable bonds is 2. The number of hydrogen-bond acceptors (Lipinski definition) is 6. The maximum Gasteiger partial charge on any atom is 0.225 e. The summed E-state index contributed by atoms with van der Waals surface area (Å²) < 4.78 is 11.9. The number of anilines is 1. The molecule has 0 aromatic carbocycles. The molecule has 7 heteroatoms. The Morgan fingerprint density at radius 3 is 2.74 bits per heavy atom. The number of morpholine rings is 1. The molecular weight excluding hydrogens is 296 g/mol. The highest BCUT2D eigenvalue weighted by Crippen LogP contribution is 2.25. The Morgan fingerprint density at radius 2 is 2.00 bits per heavy atom. The zero-order chi connectivity index (χ0) is 16.3. The summed E-state index contributed by atoms with van der Waals surface area (Å²) in [6, 6.07) is 1.80. The molecule has 0 radical (unpaired) electrons. The Bertz CT molecular complexity index is 539. The molecule has 2 aliphatic rings. The first-order valence-electron chi connectivity index (χ1n) is 8.12. The first kappa shape index (κ1) is 16.1. The van der Waals surface area contributed by atoms with Crippen molar-refractivity contribution in [3.63, 3.8) is 0 Å². The Kier molecular flexibility index (Phi) is 4.77. The Hall–Kier alpha value is -1.73. The molecule has 0 aliphatic carbocycles. The minimum atomic E-state index is -0.515. The fourth-order valence-corrected chi connectivity index (χ4v) is 3.11. The van der Waals surface area contributed by atoms with Gasteiger partial charge in [0.1, 0.15) is 5.60 Å². The van der Waals surface area contributed by atoms with Crippen molar-refractivity contribution in [2.45, 2.75) is 19.4 Å². The van der Waals surface area contributed by atoms with Crippen molar-refractivity contribution >= 4 is 11.9 Å². The molecule has 3 heterocycles. The standard InChI is InChI=1S/C16H24N4O3/c1-13(2)14(21)19-7-9-23-16(10-19)11-20(6-8-22-12-16)15-17-4-3-5-18-15/h3-5,13H,6-12H2,1-2H3/t16-/m1/s1. The molecular formula is C16H24N4O3. The van der Waals surface area contributed by atoms with Gasteiger partial charge in [-0.2, -0.15) is 0 Å². The van der Waals surface area contributed by atoms with Crippen molar-refractivity contribution in [3.05, 3.63) is 18.5 Å². The highest BCUT2D eigenvalue weighted by atomic mass is 16.5. The number of carbonyl (C=O) groups is 1. The molecule has 2 fully saturated rings. The summed E-state index contributed by atoms with van der Waals surface area (Å²) in [6.45, 7) is 8.00. The summed E-state index contributed by atoms with van der Waals surface area (Å²) in [6.07, 6.45) is 3.47. The summed E-state index contributed by atoms with van der Waals surface area (Å²) in [5.41, 5.74) is -0.515. The quantitative estimate of drug-likeness (QED) is 0.793. The molecule has 1 spiro atoms. The maximum absolute atomic E-state index is 12.4. The van der Waals surface area contributed by atoms with Gasteiger partial charge in [-0.15, -0.1) is 0 Å². The molecule has 7 nitrogen and oxygen atoms in total. The second-order valence-corrected chi connectivity index (χ2v) is 6.47. The van der Waals surface area contributed by atoms with Crippen LogP contribution in [0.1, 0.15) is 13.8 Å². The van der Waals surface area contributed by atoms with Crippen LogP contribution < -0.4 is 4.90 Å². The second kappa shape index (κ2) is 6.80. The lowest BCUT2D eigenvalue weighted by Gasteiger charge is -2.43. The number of ether oxygens (including phenoxy) is 2. The summed E-state index contributed by atoms with van der Waals surface area (Å²) in [4.78, 5) is 25.0. The molecule has 0 unspecified atom stereocenters. The Balaban J connectivity index is 1.77. The van der Waals surface area contributed by atoms with Gasteiger partial charge in [0, 0.05) is 31.4 Å². The molecule has 0 bridgehead atoms. The number of carbonyl (C=O) groups excluding carboxylic acids is 1. The first-order valence-corrected chi connectivity index (χ1v) is 8.12. The monoisotopic (exact) mass is 320 g/mol. The lowest BCUT2D eigenvalue weighted by molar-refractivity contribution is -0.160. The fraction of sp³-hybridized carbons (Fsp3) is 0.688. The minimum Gasteiger partial charge on any atom is -0.376 e. The molecule has 1 atom stereocenters. The molecule has 0 N–H and O–H groups in total. The Labute approximate surface area is 136 Å². The van der Waals surface area contributed by atoms with Gasteiger partial charge < -0.3 is 19.3 Å². The van der Waals surface area contributed by atoms with Gasteiger partial charge >= 0.3 is 0 Å². The van der Waals surface area contributed by atoms with E-state index in [9.17, 15) is 4.79 Å². The zero-order valence-corrected chi connectivity index (χ0v) is 13.8.